The molecular formula is C23H31NO4. The lowest BCUT2D eigenvalue weighted by Gasteiger charge is -2.28. The Morgan fingerprint density at radius 1 is 1.18 bits per heavy atom. The fourth-order valence-electron chi connectivity index (χ4n) is 4.50. The molecule has 0 saturated carbocycles. The van der Waals surface area contributed by atoms with E-state index in [0.717, 1.165) is 18.6 Å². The van der Waals surface area contributed by atoms with Gasteiger partial charge in [0.1, 0.15) is 18.1 Å². The maximum absolute atomic E-state index is 13.0. The van der Waals surface area contributed by atoms with Crippen LogP contribution in [0.5, 0.6) is 5.75 Å². The van der Waals surface area contributed by atoms with Gasteiger partial charge in [0.2, 0.25) is 0 Å². The Labute approximate surface area is 167 Å². The first-order chi connectivity index (χ1) is 13.4. The zero-order chi connectivity index (χ0) is 20.4. The molecule has 0 radical (unpaired) electrons. The molecule has 5 nitrogen and oxygen atoms in total. The number of carbonyl (C=O) groups excluding carboxylic acids is 1. The van der Waals surface area contributed by atoms with Gasteiger partial charge in [-0.05, 0) is 62.3 Å². The normalized spacial score (nSPS) is 19.7. The highest BCUT2D eigenvalue weighted by molar-refractivity contribution is 6.23. The van der Waals surface area contributed by atoms with Gasteiger partial charge in [0.15, 0.2) is 5.78 Å². The lowest BCUT2D eigenvalue weighted by molar-refractivity contribution is -0.116. The van der Waals surface area contributed by atoms with Gasteiger partial charge in [-0.25, -0.2) is 0 Å². The summed E-state index contributed by atoms with van der Waals surface area (Å²) in [6.07, 6.45) is 3.14. The fourth-order valence-corrected chi connectivity index (χ4v) is 4.50. The first kappa shape index (κ1) is 20.4. The number of ether oxygens (including phenoxy) is 1. The van der Waals surface area contributed by atoms with Crippen molar-refractivity contribution < 1.29 is 19.5 Å². The van der Waals surface area contributed by atoms with E-state index >= 15 is 0 Å². The fraction of sp³-hybridized carbons (Fsp3) is 0.565. The standard InChI is InChI=1S/C23H31NO4/c1-6-8-18(24-28-7-2)22-19(25)11-16(12-20(22)26)21-14(4)13(3)15(5)23-17(21)9-10-27-23/h16,25H,6-12H2,1-5H3/b24-18+. The van der Waals surface area contributed by atoms with Crippen molar-refractivity contribution in [2.24, 2.45) is 5.16 Å². The summed E-state index contributed by atoms with van der Waals surface area (Å²) in [7, 11) is 0. The van der Waals surface area contributed by atoms with E-state index in [9.17, 15) is 9.90 Å². The van der Waals surface area contributed by atoms with E-state index in [0.29, 0.717) is 43.8 Å². The number of allylic oxidation sites excluding steroid dienone is 2. The smallest absolute Gasteiger partial charge is 0.168 e. The van der Waals surface area contributed by atoms with Crippen LogP contribution in [0.25, 0.3) is 0 Å². The molecule has 1 unspecified atom stereocenters. The number of Topliss-reactive ketones (excluding diaryl/α,β-unsaturated/α-hetero) is 1. The maximum atomic E-state index is 13.0. The molecule has 152 valence electrons. The number of oxime groups is 1. The van der Waals surface area contributed by atoms with Gasteiger partial charge in [0, 0.05) is 24.8 Å². The molecule has 0 spiro atoms. The van der Waals surface area contributed by atoms with Gasteiger partial charge >= 0.3 is 0 Å². The Bertz CT molecular complexity index is 851. The molecule has 0 fully saturated rings. The average molecular weight is 386 g/mol. The molecule has 0 aromatic heterocycles. The van der Waals surface area contributed by atoms with E-state index in [1.165, 1.54) is 27.8 Å². The zero-order valence-electron chi connectivity index (χ0n) is 17.6. The molecule has 1 heterocycles. The highest BCUT2D eigenvalue weighted by Gasteiger charge is 2.35. The van der Waals surface area contributed by atoms with E-state index in [1.807, 2.05) is 13.8 Å². The Morgan fingerprint density at radius 3 is 2.57 bits per heavy atom. The number of aliphatic hydroxyl groups excluding tert-OH is 1. The maximum Gasteiger partial charge on any atom is 0.168 e. The van der Waals surface area contributed by atoms with Crippen molar-refractivity contribution in [3.63, 3.8) is 0 Å². The van der Waals surface area contributed by atoms with Crippen molar-refractivity contribution in [1.29, 1.82) is 0 Å². The quantitative estimate of drug-likeness (QED) is 0.553. The van der Waals surface area contributed by atoms with Crippen LogP contribution in [0.3, 0.4) is 0 Å². The molecule has 3 rings (SSSR count). The minimum Gasteiger partial charge on any atom is -0.511 e. The SMILES string of the molecule is CCC/C(=N\OCC)C1=C(O)CC(c2c(C)c(C)c(C)c3c2CCO3)CC1=O. The highest BCUT2D eigenvalue weighted by Crippen LogP contribution is 2.44. The van der Waals surface area contributed by atoms with Crippen molar-refractivity contribution in [2.45, 2.75) is 72.6 Å². The number of carbonyl (C=O) groups is 1. The van der Waals surface area contributed by atoms with Crippen molar-refractivity contribution in [1.82, 2.24) is 0 Å². The van der Waals surface area contributed by atoms with Crippen LogP contribution in [-0.4, -0.2) is 29.8 Å². The molecule has 28 heavy (non-hydrogen) atoms. The summed E-state index contributed by atoms with van der Waals surface area (Å²) in [4.78, 5) is 18.2. The molecule has 0 saturated heterocycles. The third kappa shape index (κ3) is 3.54. The van der Waals surface area contributed by atoms with Crippen LogP contribution in [0.4, 0.5) is 0 Å². The van der Waals surface area contributed by atoms with Gasteiger partial charge in [-0.2, -0.15) is 0 Å². The number of hydrogen-bond donors (Lipinski definition) is 1. The number of rotatable bonds is 6. The molecule has 0 amide bonds. The number of aliphatic hydroxyl groups is 1. The van der Waals surface area contributed by atoms with Gasteiger partial charge in [0.05, 0.1) is 17.9 Å². The van der Waals surface area contributed by atoms with Crippen molar-refractivity contribution >= 4 is 11.5 Å². The first-order valence-electron chi connectivity index (χ1n) is 10.3. The lowest BCUT2D eigenvalue weighted by atomic mass is 9.76. The van der Waals surface area contributed by atoms with E-state index in [4.69, 9.17) is 9.57 Å². The predicted molar refractivity (Wildman–Crippen MR) is 110 cm³/mol. The van der Waals surface area contributed by atoms with Gasteiger partial charge in [-0.3, -0.25) is 4.79 Å². The molecular weight excluding hydrogens is 354 g/mol. The number of fused-ring (bicyclic) bond motifs is 1. The van der Waals surface area contributed by atoms with Crippen LogP contribution in [-0.2, 0) is 16.1 Å². The Morgan fingerprint density at radius 2 is 1.93 bits per heavy atom. The van der Waals surface area contributed by atoms with Crippen LogP contribution in [0.2, 0.25) is 0 Å². The molecule has 5 heteroatoms. The van der Waals surface area contributed by atoms with E-state index in [-0.39, 0.29) is 17.5 Å². The molecule has 0 bridgehead atoms. The molecule has 1 aliphatic heterocycles. The van der Waals surface area contributed by atoms with Gasteiger partial charge in [-0.1, -0.05) is 18.5 Å². The first-order valence-corrected chi connectivity index (χ1v) is 10.3. The van der Waals surface area contributed by atoms with Gasteiger partial charge < -0.3 is 14.7 Å². The Hall–Kier alpha value is -2.30. The summed E-state index contributed by atoms with van der Waals surface area (Å²) in [5.41, 5.74) is 6.94. The van der Waals surface area contributed by atoms with Crippen molar-refractivity contribution in [3.05, 3.63) is 39.1 Å². The zero-order valence-corrected chi connectivity index (χ0v) is 17.6. The topological polar surface area (TPSA) is 68.1 Å². The van der Waals surface area contributed by atoms with Crippen LogP contribution in [0, 0.1) is 20.8 Å². The summed E-state index contributed by atoms with van der Waals surface area (Å²) < 4.78 is 5.89. The minimum absolute atomic E-state index is 0.0269. The molecule has 1 aromatic rings. The second-order valence-electron chi connectivity index (χ2n) is 7.75. The van der Waals surface area contributed by atoms with E-state index in [2.05, 4.69) is 25.9 Å². The molecule has 2 aliphatic rings. The third-order valence-corrected chi connectivity index (χ3v) is 5.99. The monoisotopic (exact) mass is 385 g/mol. The number of hydrogen-bond acceptors (Lipinski definition) is 5. The Kier molecular flexibility index (Phi) is 6.11. The van der Waals surface area contributed by atoms with Crippen LogP contribution >= 0.6 is 0 Å². The number of benzene rings is 1. The van der Waals surface area contributed by atoms with Crippen LogP contribution < -0.4 is 4.74 Å². The average Bonchev–Trinajstić information content (AvgIpc) is 3.13. The van der Waals surface area contributed by atoms with Crippen LogP contribution in [0.15, 0.2) is 16.5 Å². The minimum atomic E-state index is -0.0500. The second kappa shape index (κ2) is 8.38. The largest absolute Gasteiger partial charge is 0.511 e. The van der Waals surface area contributed by atoms with Crippen molar-refractivity contribution in [2.75, 3.05) is 13.2 Å². The predicted octanol–water partition coefficient (Wildman–Crippen LogP) is 5.00. The summed E-state index contributed by atoms with van der Waals surface area (Å²) in [6.45, 7) is 11.3. The molecule has 1 atom stereocenters. The van der Waals surface area contributed by atoms with Crippen LogP contribution in [0.1, 0.15) is 73.3 Å². The number of ketones is 1. The van der Waals surface area contributed by atoms with E-state index < -0.39 is 0 Å². The van der Waals surface area contributed by atoms with Gasteiger partial charge in [-0.15, -0.1) is 0 Å². The summed E-state index contributed by atoms with van der Waals surface area (Å²) in [5.74, 6) is 1.04. The van der Waals surface area contributed by atoms with Gasteiger partial charge in [0.25, 0.3) is 0 Å². The lowest BCUT2D eigenvalue weighted by Crippen LogP contribution is -2.25. The molecule has 1 N–H and O–H groups in total. The third-order valence-electron chi connectivity index (χ3n) is 5.99. The van der Waals surface area contributed by atoms with Crippen molar-refractivity contribution in [3.8, 4) is 5.75 Å². The molecule has 1 aromatic carbocycles. The number of nitrogens with zero attached hydrogens (tertiary/aromatic N) is 1. The Balaban J connectivity index is 2.02. The van der Waals surface area contributed by atoms with E-state index in [1.54, 1.807) is 0 Å². The summed E-state index contributed by atoms with van der Waals surface area (Å²) in [5, 5.41) is 14.9. The highest BCUT2D eigenvalue weighted by atomic mass is 16.6. The summed E-state index contributed by atoms with van der Waals surface area (Å²) >= 11 is 0. The summed E-state index contributed by atoms with van der Waals surface area (Å²) in [6, 6.07) is 0. The second-order valence-corrected chi connectivity index (χ2v) is 7.75. The molecule has 1 aliphatic carbocycles.